The van der Waals surface area contributed by atoms with E-state index in [0.717, 1.165) is 16.9 Å². The summed E-state index contributed by atoms with van der Waals surface area (Å²) in [4.78, 5) is 0.239. The summed E-state index contributed by atoms with van der Waals surface area (Å²) in [5.41, 5.74) is 2.11. The lowest BCUT2D eigenvalue weighted by Gasteiger charge is -2.19. The molecule has 2 rings (SSSR count). The van der Waals surface area contributed by atoms with E-state index < -0.39 is 10.0 Å². The van der Waals surface area contributed by atoms with Crippen molar-refractivity contribution in [3.8, 4) is 17.6 Å². The first-order chi connectivity index (χ1) is 12.2. The molecule has 0 amide bonds. The first kappa shape index (κ1) is 20.0. The maximum absolute atomic E-state index is 12.3. The van der Waals surface area contributed by atoms with E-state index in [1.165, 1.54) is 0 Å². The van der Waals surface area contributed by atoms with Crippen molar-refractivity contribution in [2.24, 2.45) is 0 Å². The summed E-state index contributed by atoms with van der Waals surface area (Å²) in [5.74, 6) is 6.37. The second-order valence-corrected chi connectivity index (χ2v) is 8.77. The highest BCUT2D eigenvalue weighted by molar-refractivity contribution is 7.89. The SMILES string of the molecule is Cc1ccccc1OCC#CCNS(=O)(=O)c1ccc(C(C)(C)C)cc1. The first-order valence-electron chi connectivity index (χ1n) is 8.44. The molecule has 0 heterocycles. The molecule has 0 aliphatic carbocycles. The molecule has 0 unspecified atom stereocenters. The number of sulfonamides is 1. The Labute approximate surface area is 156 Å². The van der Waals surface area contributed by atoms with Crippen molar-refractivity contribution in [2.75, 3.05) is 13.2 Å². The molecule has 5 heteroatoms. The fourth-order valence-electron chi connectivity index (χ4n) is 2.29. The Bertz CT molecular complexity index is 899. The van der Waals surface area contributed by atoms with Crippen molar-refractivity contribution in [1.82, 2.24) is 4.72 Å². The van der Waals surface area contributed by atoms with Crippen LogP contribution in [0.4, 0.5) is 0 Å². The quantitative estimate of drug-likeness (QED) is 0.816. The molecule has 0 aliphatic rings. The van der Waals surface area contributed by atoms with Crippen LogP contribution in [-0.4, -0.2) is 21.6 Å². The van der Waals surface area contributed by atoms with Crippen LogP contribution in [0.5, 0.6) is 5.75 Å². The third kappa shape index (κ3) is 5.62. The zero-order valence-corrected chi connectivity index (χ0v) is 16.5. The van der Waals surface area contributed by atoms with E-state index in [-0.39, 0.29) is 23.5 Å². The average Bonchev–Trinajstić information content (AvgIpc) is 2.59. The van der Waals surface area contributed by atoms with Gasteiger partial charge in [-0.25, -0.2) is 8.42 Å². The molecule has 1 N–H and O–H groups in total. The van der Waals surface area contributed by atoms with Crippen LogP contribution in [0.3, 0.4) is 0 Å². The number of nitrogens with one attached hydrogen (secondary N) is 1. The molecule has 0 atom stereocenters. The van der Waals surface area contributed by atoms with Crippen molar-refractivity contribution in [1.29, 1.82) is 0 Å². The molecule has 0 aliphatic heterocycles. The van der Waals surface area contributed by atoms with Gasteiger partial charge in [-0.15, -0.1) is 0 Å². The predicted molar refractivity (Wildman–Crippen MR) is 105 cm³/mol. The van der Waals surface area contributed by atoms with Gasteiger partial charge in [-0.2, -0.15) is 4.72 Å². The Morgan fingerprint density at radius 1 is 1.00 bits per heavy atom. The number of rotatable bonds is 5. The molecule has 0 radical (unpaired) electrons. The van der Waals surface area contributed by atoms with Gasteiger partial charge in [0.05, 0.1) is 11.4 Å². The standard InChI is InChI=1S/C21H25NO3S/c1-17-9-5-6-10-20(17)25-16-8-7-15-22-26(23,24)19-13-11-18(12-14-19)21(2,3)4/h5-6,9-14,22H,15-16H2,1-4H3. The molecular formula is C21H25NO3S. The molecule has 138 valence electrons. The zero-order valence-electron chi connectivity index (χ0n) is 15.7. The van der Waals surface area contributed by atoms with Crippen LogP contribution in [-0.2, 0) is 15.4 Å². The molecule has 0 aromatic heterocycles. The summed E-state index contributed by atoms with van der Waals surface area (Å²) >= 11 is 0. The number of hydrogen-bond acceptors (Lipinski definition) is 3. The molecule has 0 fully saturated rings. The maximum Gasteiger partial charge on any atom is 0.241 e. The van der Waals surface area contributed by atoms with Crippen molar-refractivity contribution >= 4 is 10.0 Å². The number of aryl methyl sites for hydroxylation is 1. The molecule has 0 spiro atoms. The largest absolute Gasteiger partial charge is 0.481 e. The molecule has 4 nitrogen and oxygen atoms in total. The smallest absolute Gasteiger partial charge is 0.241 e. The highest BCUT2D eigenvalue weighted by atomic mass is 32.2. The highest BCUT2D eigenvalue weighted by Gasteiger charge is 2.16. The van der Waals surface area contributed by atoms with E-state index in [1.807, 2.05) is 43.3 Å². The topological polar surface area (TPSA) is 55.4 Å². The Kier molecular flexibility index (Phi) is 6.47. The van der Waals surface area contributed by atoms with Crippen LogP contribution in [0.25, 0.3) is 0 Å². The molecule has 0 saturated heterocycles. The predicted octanol–water partition coefficient (Wildman–Crippen LogP) is 3.65. The fourth-order valence-corrected chi connectivity index (χ4v) is 3.22. The molecular weight excluding hydrogens is 346 g/mol. The van der Waals surface area contributed by atoms with Gasteiger partial charge < -0.3 is 4.74 Å². The van der Waals surface area contributed by atoms with Crippen molar-refractivity contribution in [3.63, 3.8) is 0 Å². The van der Waals surface area contributed by atoms with E-state index >= 15 is 0 Å². The number of ether oxygens (including phenoxy) is 1. The minimum atomic E-state index is -3.56. The Morgan fingerprint density at radius 3 is 2.27 bits per heavy atom. The van der Waals surface area contributed by atoms with Gasteiger partial charge in [-0.1, -0.05) is 62.9 Å². The van der Waals surface area contributed by atoms with Crippen molar-refractivity contribution in [3.05, 3.63) is 59.7 Å². The summed E-state index contributed by atoms with van der Waals surface area (Å²) in [5, 5.41) is 0. The molecule has 0 bridgehead atoms. The minimum Gasteiger partial charge on any atom is -0.481 e. The van der Waals surface area contributed by atoms with E-state index in [4.69, 9.17) is 4.74 Å². The zero-order chi connectivity index (χ0) is 19.2. The Hall–Kier alpha value is -2.29. The van der Waals surface area contributed by atoms with Gasteiger partial charge in [0.1, 0.15) is 12.4 Å². The normalized spacial score (nSPS) is 11.5. The van der Waals surface area contributed by atoms with Gasteiger partial charge in [0.15, 0.2) is 0 Å². The number of benzene rings is 2. The van der Waals surface area contributed by atoms with Crippen LogP contribution >= 0.6 is 0 Å². The highest BCUT2D eigenvalue weighted by Crippen LogP contribution is 2.23. The van der Waals surface area contributed by atoms with Gasteiger partial charge in [0.2, 0.25) is 10.0 Å². The minimum absolute atomic E-state index is 0.0156. The van der Waals surface area contributed by atoms with Gasteiger partial charge in [-0.05, 0) is 41.7 Å². The second-order valence-electron chi connectivity index (χ2n) is 7.01. The lowest BCUT2D eigenvalue weighted by atomic mass is 9.87. The van der Waals surface area contributed by atoms with Crippen LogP contribution in [0.2, 0.25) is 0 Å². The molecule has 2 aromatic carbocycles. The molecule has 0 saturated carbocycles. The van der Waals surface area contributed by atoms with Crippen LogP contribution in [0, 0.1) is 18.8 Å². The monoisotopic (exact) mass is 371 g/mol. The van der Waals surface area contributed by atoms with E-state index in [9.17, 15) is 8.42 Å². The van der Waals surface area contributed by atoms with Crippen molar-refractivity contribution < 1.29 is 13.2 Å². The summed E-state index contributed by atoms with van der Waals surface area (Å²) in [6.07, 6.45) is 0. The van der Waals surface area contributed by atoms with Gasteiger partial charge >= 0.3 is 0 Å². The van der Waals surface area contributed by atoms with Gasteiger partial charge in [0, 0.05) is 0 Å². The lowest BCUT2D eigenvalue weighted by Crippen LogP contribution is -2.24. The third-order valence-electron chi connectivity index (χ3n) is 3.90. The fraction of sp³-hybridized carbons (Fsp3) is 0.333. The lowest BCUT2D eigenvalue weighted by molar-refractivity contribution is 0.367. The summed E-state index contributed by atoms with van der Waals surface area (Å²) in [7, 11) is -3.56. The first-order valence-corrected chi connectivity index (χ1v) is 9.93. The van der Waals surface area contributed by atoms with Crippen LogP contribution in [0.1, 0.15) is 31.9 Å². The van der Waals surface area contributed by atoms with Gasteiger partial charge in [-0.3, -0.25) is 0 Å². The van der Waals surface area contributed by atoms with E-state index in [2.05, 4.69) is 37.3 Å². The van der Waals surface area contributed by atoms with E-state index in [1.54, 1.807) is 12.1 Å². The number of hydrogen-bond donors (Lipinski definition) is 1. The van der Waals surface area contributed by atoms with Crippen LogP contribution in [0.15, 0.2) is 53.4 Å². The summed E-state index contributed by atoms with van der Waals surface area (Å²) in [6.45, 7) is 8.48. The number of para-hydroxylation sites is 1. The van der Waals surface area contributed by atoms with Crippen LogP contribution < -0.4 is 9.46 Å². The average molecular weight is 372 g/mol. The van der Waals surface area contributed by atoms with Gasteiger partial charge in [0.25, 0.3) is 0 Å². The maximum atomic E-state index is 12.3. The molecule has 26 heavy (non-hydrogen) atoms. The van der Waals surface area contributed by atoms with E-state index in [0.29, 0.717) is 0 Å². The second kappa shape index (κ2) is 8.39. The molecule has 2 aromatic rings. The Morgan fingerprint density at radius 2 is 1.65 bits per heavy atom. The van der Waals surface area contributed by atoms with Crippen molar-refractivity contribution in [2.45, 2.75) is 38.0 Å². The summed E-state index contributed by atoms with van der Waals surface area (Å²) in [6, 6.07) is 14.6. The third-order valence-corrected chi connectivity index (χ3v) is 5.32. The Balaban J connectivity index is 1.88. The summed E-state index contributed by atoms with van der Waals surface area (Å²) < 4.78 is 32.6.